The Hall–Kier alpha value is 0.0300. The highest BCUT2D eigenvalue weighted by molar-refractivity contribution is 7.45. The van der Waals surface area contributed by atoms with Crippen LogP contribution in [0.15, 0.2) is 0 Å². The Balaban J connectivity index is 0. The SMILES string of the molecule is CCCCC(O)C(CC)CO.O=P(O)(O)O. The third kappa shape index (κ3) is 16.5. The van der Waals surface area contributed by atoms with Gasteiger partial charge in [0.25, 0.3) is 0 Å². The molecule has 0 rings (SSSR count). The van der Waals surface area contributed by atoms with Crippen molar-refractivity contribution in [1.29, 1.82) is 0 Å². The van der Waals surface area contributed by atoms with Gasteiger partial charge in [0.15, 0.2) is 0 Å². The van der Waals surface area contributed by atoms with Gasteiger partial charge in [-0.25, -0.2) is 4.57 Å². The van der Waals surface area contributed by atoms with Crippen LogP contribution >= 0.6 is 7.82 Å². The quantitative estimate of drug-likeness (QED) is 0.446. The van der Waals surface area contributed by atoms with Crippen LogP contribution in [0.2, 0.25) is 0 Å². The number of aliphatic hydroxyl groups excluding tert-OH is 2. The van der Waals surface area contributed by atoms with Crippen LogP contribution in [0.1, 0.15) is 39.5 Å². The number of rotatable bonds is 6. The monoisotopic (exact) mass is 258 g/mol. The van der Waals surface area contributed by atoms with E-state index < -0.39 is 7.82 Å². The van der Waals surface area contributed by atoms with E-state index in [1.54, 1.807) is 0 Å². The molecule has 0 bridgehead atoms. The van der Waals surface area contributed by atoms with Crippen LogP contribution in [-0.4, -0.2) is 37.6 Å². The molecule has 0 aliphatic carbocycles. The van der Waals surface area contributed by atoms with Crippen molar-refractivity contribution >= 4 is 7.82 Å². The minimum atomic E-state index is -4.64. The molecular formula is C9H23O6P. The first-order chi connectivity index (χ1) is 7.26. The summed E-state index contributed by atoms with van der Waals surface area (Å²) in [4.78, 5) is 21.6. The highest BCUT2D eigenvalue weighted by Crippen LogP contribution is 2.25. The van der Waals surface area contributed by atoms with Crippen molar-refractivity contribution in [3.8, 4) is 0 Å². The first kappa shape index (κ1) is 18.4. The number of phosphoric acid groups is 1. The molecule has 0 amide bonds. The average Bonchev–Trinajstić information content (AvgIpc) is 2.14. The Morgan fingerprint density at radius 2 is 1.62 bits per heavy atom. The lowest BCUT2D eigenvalue weighted by molar-refractivity contribution is 0.0573. The summed E-state index contributed by atoms with van der Waals surface area (Å²) in [6, 6.07) is 0. The zero-order chi connectivity index (χ0) is 13.2. The van der Waals surface area contributed by atoms with Crippen molar-refractivity contribution in [2.45, 2.75) is 45.6 Å². The molecule has 0 heterocycles. The van der Waals surface area contributed by atoms with E-state index in [-0.39, 0.29) is 18.6 Å². The van der Waals surface area contributed by atoms with Gasteiger partial charge in [-0.3, -0.25) is 0 Å². The highest BCUT2D eigenvalue weighted by Gasteiger charge is 2.14. The lowest BCUT2D eigenvalue weighted by atomic mass is 9.96. The summed E-state index contributed by atoms with van der Waals surface area (Å²) in [6.07, 6.45) is 3.55. The Kier molecular flexibility index (Phi) is 11.7. The zero-order valence-electron chi connectivity index (χ0n) is 9.78. The van der Waals surface area contributed by atoms with Crippen LogP contribution in [0.4, 0.5) is 0 Å². The maximum atomic E-state index is 9.48. The highest BCUT2D eigenvalue weighted by atomic mass is 31.2. The van der Waals surface area contributed by atoms with Crippen LogP contribution in [0.25, 0.3) is 0 Å². The first-order valence-corrected chi connectivity index (χ1v) is 6.89. The van der Waals surface area contributed by atoms with E-state index in [0.717, 1.165) is 25.7 Å². The van der Waals surface area contributed by atoms with E-state index in [2.05, 4.69) is 6.92 Å². The smallest absolute Gasteiger partial charge is 0.396 e. The van der Waals surface area contributed by atoms with E-state index in [1.807, 2.05) is 6.92 Å². The third-order valence-corrected chi connectivity index (χ3v) is 2.16. The summed E-state index contributed by atoms with van der Waals surface area (Å²) in [6.45, 7) is 4.21. The van der Waals surface area contributed by atoms with Gasteiger partial charge in [0.05, 0.1) is 6.10 Å². The number of hydrogen-bond donors (Lipinski definition) is 5. The molecule has 0 fully saturated rings. The molecule has 0 aromatic carbocycles. The van der Waals surface area contributed by atoms with Gasteiger partial charge < -0.3 is 24.9 Å². The van der Waals surface area contributed by atoms with E-state index >= 15 is 0 Å². The summed E-state index contributed by atoms with van der Waals surface area (Å²) in [5.41, 5.74) is 0. The van der Waals surface area contributed by atoms with Crippen molar-refractivity contribution < 1.29 is 29.5 Å². The van der Waals surface area contributed by atoms with Crippen molar-refractivity contribution in [2.24, 2.45) is 5.92 Å². The lowest BCUT2D eigenvalue weighted by Crippen LogP contribution is -2.22. The largest absolute Gasteiger partial charge is 0.466 e. The topological polar surface area (TPSA) is 118 Å². The van der Waals surface area contributed by atoms with E-state index in [4.69, 9.17) is 24.4 Å². The number of aliphatic hydroxyl groups is 2. The van der Waals surface area contributed by atoms with Crippen LogP contribution in [-0.2, 0) is 4.57 Å². The molecule has 0 spiro atoms. The summed E-state index contributed by atoms with van der Waals surface area (Å²) in [5, 5.41) is 18.3. The molecule has 6 nitrogen and oxygen atoms in total. The second kappa shape index (κ2) is 10.2. The minimum Gasteiger partial charge on any atom is -0.396 e. The molecule has 100 valence electrons. The van der Waals surface area contributed by atoms with Gasteiger partial charge in [0.2, 0.25) is 0 Å². The van der Waals surface area contributed by atoms with Gasteiger partial charge in [0.1, 0.15) is 0 Å². The van der Waals surface area contributed by atoms with Gasteiger partial charge in [0, 0.05) is 12.5 Å². The van der Waals surface area contributed by atoms with Gasteiger partial charge >= 0.3 is 7.82 Å². The first-order valence-electron chi connectivity index (χ1n) is 5.33. The number of hydrogen-bond acceptors (Lipinski definition) is 3. The molecule has 5 N–H and O–H groups in total. The fourth-order valence-corrected chi connectivity index (χ4v) is 1.17. The van der Waals surface area contributed by atoms with Gasteiger partial charge in [-0.15, -0.1) is 0 Å². The van der Waals surface area contributed by atoms with Crippen molar-refractivity contribution in [3.63, 3.8) is 0 Å². The van der Waals surface area contributed by atoms with Crippen molar-refractivity contribution in [1.82, 2.24) is 0 Å². The molecule has 2 atom stereocenters. The molecule has 7 heteroatoms. The molecule has 0 saturated carbocycles. The average molecular weight is 258 g/mol. The van der Waals surface area contributed by atoms with E-state index in [9.17, 15) is 5.11 Å². The van der Waals surface area contributed by atoms with Crippen LogP contribution in [0.5, 0.6) is 0 Å². The predicted octanol–water partition coefficient (Wildman–Crippen LogP) is 0.627. The molecule has 0 radical (unpaired) electrons. The molecule has 16 heavy (non-hydrogen) atoms. The van der Waals surface area contributed by atoms with Crippen LogP contribution < -0.4 is 0 Å². The molecular weight excluding hydrogens is 235 g/mol. The molecule has 0 aliphatic heterocycles. The Bertz CT molecular complexity index is 180. The standard InChI is InChI=1S/C9H20O2.H3O4P/c1-3-5-6-9(11)8(4-2)7-10;1-5(2,3)4/h8-11H,3-7H2,1-2H3;(H3,1,2,3,4). The summed E-state index contributed by atoms with van der Waals surface area (Å²) < 4.78 is 8.88. The second-order valence-corrected chi connectivity index (χ2v) is 4.60. The van der Waals surface area contributed by atoms with Crippen LogP contribution in [0.3, 0.4) is 0 Å². The molecule has 0 saturated heterocycles. The van der Waals surface area contributed by atoms with Gasteiger partial charge in [-0.05, 0) is 12.8 Å². The Morgan fingerprint density at radius 3 is 1.88 bits per heavy atom. The maximum absolute atomic E-state index is 9.48. The predicted molar refractivity (Wildman–Crippen MR) is 60.7 cm³/mol. The fourth-order valence-electron chi connectivity index (χ4n) is 1.17. The van der Waals surface area contributed by atoms with E-state index in [0.29, 0.717) is 0 Å². The second-order valence-electron chi connectivity index (χ2n) is 3.57. The zero-order valence-corrected chi connectivity index (χ0v) is 10.7. The molecule has 0 aromatic rings. The normalized spacial score (nSPS) is 14.9. The third-order valence-electron chi connectivity index (χ3n) is 2.16. The molecule has 0 aliphatic rings. The van der Waals surface area contributed by atoms with Crippen molar-refractivity contribution in [3.05, 3.63) is 0 Å². The molecule has 0 aromatic heterocycles. The molecule has 2 unspecified atom stereocenters. The minimum absolute atomic E-state index is 0.0848. The van der Waals surface area contributed by atoms with Crippen molar-refractivity contribution in [2.75, 3.05) is 6.61 Å². The lowest BCUT2D eigenvalue weighted by Gasteiger charge is -2.18. The van der Waals surface area contributed by atoms with Gasteiger partial charge in [-0.2, -0.15) is 0 Å². The summed E-state index contributed by atoms with van der Waals surface area (Å²) in [7, 11) is -4.64. The fraction of sp³-hybridized carbons (Fsp3) is 1.00. The van der Waals surface area contributed by atoms with Crippen LogP contribution in [0, 0.1) is 5.92 Å². The number of unbranched alkanes of at least 4 members (excludes halogenated alkanes) is 1. The summed E-state index contributed by atoms with van der Waals surface area (Å²) >= 11 is 0. The summed E-state index contributed by atoms with van der Waals surface area (Å²) in [5.74, 6) is 0.0848. The Labute approximate surface area is 96.2 Å². The maximum Gasteiger partial charge on any atom is 0.466 e. The van der Waals surface area contributed by atoms with E-state index in [1.165, 1.54) is 0 Å². The van der Waals surface area contributed by atoms with Gasteiger partial charge in [-0.1, -0.05) is 26.7 Å². The Morgan fingerprint density at radius 1 is 1.19 bits per heavy atom.